The van der Waals surface area contributed by atoms with Crippen LogP contribution in [0.3, 0.4) is 0 Å². The fraction of sp³-hybridized carbons (Fsp3) is 0.240. The van der Waals surface area contributed by atoms with Gasteiger partial charge in [0.25, 0.3) is 0 Å². The van der Waals surface area contributed by atoms with Crippen molar-refractivity contribution in [3.05, 3.63) is 95.9 Å². The Morgan fingerprint density at radius 1 is 1.18 bits per heavy atom. The van der Waals surface area contributed by atoms with Crippen molar-refractivity contribution in [1.29, 1.82) is 0 Å². The van der Waals surface area contributed by atoms with E-state index in [9.17, 15) is 8.78 Å². The molecule has 1 aliphatic carbocycles. The van der Waals surface area contributed by atoms with E-state index < -0.39 is 6.17 Å². The number of para-hydroxylation sites is 1. The normalized spacial score (nSPS) is 17.9. The molecule has 0 saturated heterocycles. The zero-order chi connectivity index (χ0) is 20.1. The molecule has 144 valence electrons. The predicted molar refractivity (Wildman–Crippen MR) is 114 cm³/mol. The Bertz CT molecular complexity index is 935. The summed E-state index contributed by atoms with van der Waals surface area (Å²) in [6, 6.07) is 14.3. The Morgan fingerprint density at radius 3 is 2.54 bits per heavy atom. The van der Waals surface area contributed by atoms with Crippen LogP contribution in [0.5, 0.6) is 0 Å². The lowest BCUT2D eigenvalue weighted by Gasteiger charge is -2.17. The van der Waals surface area contributed by atoms with Gasteiger partial charge in [0.1, 0.15) is 12.0 Å². The van der Waals surface area contributed by atoms with Gasteiger partial charge in [-0.05, 0) is 53.3 Å². The van der Waals surface area contributed by atoms with Gasteiger partial charge in [0.05, 0.1) is 11.4 Å². The van der Waals surface area contributed by atoms with Gasteiger partial charge in [-0.3, -0.25) is 0 Å². The minimum Gasteiger partial charge on any atom is -0.248 e. The molecule has 2 aromatic rings. The van der Waals surface area contributed by atoms with Gasteiger partial charge in [-0.2, -0.15) is 0 Å². The Labute approximate surface area is 165 Å². The summed E-state index contributed by atoms with van der Waals surface area (Å²) in [6.07, 6.45) is 5.50. The summed E-state index contributed by atoms with van der Waals surface area (Å²) in [6.45, 7) is 8.55. The Balaban J connectivity index is 2.10. The average molecular weight is 377 g/mol. The second kappa shape index (κ2) is 8.92. The highest BCUT2D eigenvalue weighted by Crippen LogP contribution is 2.32. The maximum Gasteiger partial charge on any atom is 0.123 e. The highest BCUT2D eigenvalue weighted by atomic mass is 19.1. The van der Waals surface area contributed by atoms with Crippen LogP contribution >= 0.6 is 0 Å². The van der Waals surface area contributed by atoms with Crippen molar-refractivity contribution in [3.63, 3.8) is 0 Å². The number of benzene rings is 2. The van der Waals surface area contributed by atoms with E-state index in [0.29, 0.717) is 23.6 Å². The highest BCUT2D eigenvalue weighted by molar-refractivity contribution is 6.32. The molecule has 0 N–H and O–H groups in total. The molecule has 3 rings (SSSR count). The third kappa shape index (κ3) is 4.53. The first-order chi connectivity index (χ1) is 13.5. The predicted octanol–water partition coefficient (Wildman–Crippen LogP) is 7.35. The van der Waals surface area contributed by atoms with Crippen molar-refractivity contribution >= 4 is 17.0 Å². The van der Waals surface area contributed by atoms with Crippen molar-refractivity contribution in [2.75, 3.05) is 0 Å². The fourth-order valence-corrected chi connectivity index (χ4v) is 3.21. The summed E-state index contributed by atoms with van der Waals surface area (Å²) in [7, 11) is 0. The molecule has 2 unspecified atom stereocenters. The standard InChI is InChI=1S/C25H25F2N/c1-4-17(2)23-7-5-6-8-24(23)28-25(20-11-15-22(27)16-12-20)18(3)19-9-13-21(26)14-10-19/h5-15,17,22H,3-4,16H2,1-2H3. The third-order valence-corrected chi connectivity index (χ3v) is 5.11. The number of aliphatic imine (C=N–C) groups is 1. The molecule has 3 heteroatoms. The lowest BCUT2D eigenvalue weighted by molar-refractivity contribution is 0.401. The largest absolute Gasteiger partial charge is 0.248 e. The number of hydrogen-bond donors (Lipinski definition) is 0. The van der Waals surface area contributed by atoms with Crippen molar-refractivity contribution in [1.82, 2.24) is 0 Å². The second-order valence-corrected chi connectivity index (χ2v) is 7.08. The molecule has 0 fully saturated rings. The summed E-state index contributed by atoms with van der Waals surface area (Å²) < 4.78 is 26.9. The molecule has 0 saturated carbocycles. The third-order valence-electron chi connectivity index (χ3n) is 5.11. The zero-order valence-electron chi connectivity index (χ0n) is 16.3. The van der Waals surface area contributed by atoms with Crippen LogP contribution in [0, 0.1) is 5.82 Å². The maximum atomic E-state index is 13.6. The van der Waals surface area contributed by atoms with Crippen molar-refractivity contribution < 1.29 is 8.78 Å². The Hall–Kier alpha value is -2.81. The molecule has 2 aromatic carbocycles. The van der Waals surface area contributed by atoms with Crippen molar-refractivity contribution in [3.8, 4) is 0 Å². The summed E-state index contributed by atoms with van der Waals surface area (Å²) in [4.78, 5) is 4.96. The van der Waals surface area contributed by atoms with Gasteiger partial charge >= 0.3 is 0 Å². The number of hydrogen-bond acceptors (Lipinski definition) is 1. The number of halogens is 2. The number of nitrogens with zero attached hydrogens (tertiary/aromatic N) is 1. The molecule has 0 amide bonds. The number of allylic oxidation sites excluding steroid dienone is 5. The van der Waals surface area contributed by atoms with Gasteiger partial charge in [0.15, 0.2) is 0 Å². The first-order valence-electron chi connectivity index (χ1n) is 9.65. The molecular weight excluding hydrogens is 352 g/mol. The van der Waals surface area contributed by atoms with Gasteiger partial charge in [0.2, 0.25) is 0 Å². The van der Waals surface area contributed by atoms with Gasteiger partial charge in [-0.1, -0.05) is 62.9 Å². The fourth-order valence-electron chi connectivity index (χ4n) is 3.21. The Morgan fingerprint density at radius 2 is 1.89 bits per heavy atom. The average Bonchev–Trinajstić information content (AvgIpc) is 2.72. The molecular formula is C25H25F2N. The molecule has 0 aliphatic heterocycles. The van der Waals surface area contributed by atoms with Gasteiger partial charge in [-0.15, -0.1) is 0 Å². The van der Waals surface area contributed by atoms with Gasteiger partial charge in [0, 0.05) is 12.0 Å². The minimum absolute atomic E-state index is 0.297. The van der Waals surface area contributed by atoms with Crippen LogP contribution in [-0.2, 0) is 0 Å². The van der Waals surface area contributed by atoms with Crippen LogP contribution in [0.2, 0.25) is 0 Å². The van der Waals surface area contributed by atoms with Crippen LogP contribution in [-0.4, -0.2) is 11.9 Å². The van der Waals surface area contributed by atoms with Crippen LogP contribution in [0.1, 0.15) is 43.7 Å². The molecule has 0 heterocycles. The molecule has 0 spiro atoms. The van der Waals surface area contributed by atoms with E-state index in [1.807, 2.05) is 24.3 Å². The van der Waals surface area contributed by atoms with Crippen LogP contribution in [0.25, 0.3) is 5.57 Å². The Kier molecular flexibility index (Phi) is 6.35. The van der Waals surface area contributed by atoms with Crippen molar-refractivity contribution in [2.45, 2.75) is 38.8 Å². The van der Waals surface area contributed by atoms with Gasteiger partial charge < -0.3 is 0 Å². The summed E-state index contributed by atoms with van der Waals surface area (Å²) in [5.41, 5.74) is 5.04. The summed E-state index contributed by atoms with van der Waals surface area (Å²) in [5, 5.41) is 0. The van der Waals surface area contributed by atoms with E-state index >= 15 is 0 Å². The monoisotopic (exact) mass is 377 g/mol. The van der Waals surface area contributed by atoms with E-state index in [-0.39, 0.29) is 5.82 Å². The van der Waals surface area contributed by atoms with E-state index in [2.05, 4.69) is 26.5 Å². The zero-order valence-corrected chi connectivity index (χ0v) is 16.3. The SMILES string of the molecule is C=C(C(=Nc1ccccc1C(C)CC)C1=CCC(F)C=C1)c1ccc(F)cc1. The van der Waals surface area contributed by atoms with Crippen LogP contribution in [0.4, 0.5) is 14.5 Å². The van der Waals surface area contributed by atoms with E-state index in [4.69, 9.17) is 4.99 Å². The lowest BCUT2D eigenvalue weighted by Crippen LogP contribution is -2.09. The molecule has 0 bridgehead atoms. The number of alkyl halides is 1. The van der Waals surface area contributed by atoms with E-state index in [1.54, 1.807) is 24.3 Å². The highest BCUT2D eigenvalue weighted by Gasteiger charge is 2.17. The molecule has 0 radical (unpaired) electrons. The molecule has 1 nitrogen and oxygen atoms in total. The second-order valence-electron chi connectivity index (χ2n) is 7.08. The maximum absolute atomic E-state index is 13.6. The summed E-state index contributed by atoms with van der Waals surface area (Å²) in [5.74, 6) is 0.0700. The first-order valence-corrected chi connectivity index (χ1v) is 9.65. The smallest absolute Gasteiger partial charge is 0.123 e. The first kappa shape index (κ1) is 19.9. The quantitative estimate of drug-likeness (QED) is 0.467. The van der Waals surface area contributed by atoms with Crippen LogP contribution in [0.15, 0.2) is 83.9 Å². The molecule has 28 heavy (non-hydrogen) atoms. The molecule has 0 aromatic heterocycles. The van der Waals surface area contributed by atoms with Crippen molar-refractivity contribution in [2.24, 2.45) is 4.99 Å². The van der Waals surface area contributed by atoms with Crippen LogP contribution < -0.4 is 0 Å². The lowest BCUT2D eigenvalue weighted by atomic mass is 9.92. The van der Waals surface area contributed by atoms with E-state index in [0.717, 1.165) is 28.8 Å². The molecule has 2 atom stereocenters. The molecule has 1 aliphatic rings. The summed E-state index contributed by atoms with van der Waals surface area (Å²) >= 11 is 0. The number of rotatable bonds is 6. The minimum atomic E-state index is -0.975. The van der Waals surface area contributed by atoms with E-state index in [1.165, 1.54) is 12.1 Å². The topological polar surface area (TPSA) is 12.4 Å². The van der Waals surface area contributed by atoms with Gasteiger partial charge in [-0.25, -0.2) is 13.8 Å².